The van der Waals surface area contributed by atoms with Gasteiger partial charge in [0.1, 0.15) is 5.69 Å². The van der Waals surface area contributed by atoms with Crippen molar-refractivity contribution in [3.05, 3.63) is 71.4 Å². The van der Waals surface area contributed by atoms with E-state index in [1.54, 1.807) is 13.2 Å². The molecule has 0 radical (unpaired) electrons. The van der Waals surface area contributed by atoms with Crippen LogP contribution in [0.1, 0.15) is 73.0 Å². The van der Waals surface area contributed by atoms with Crippen molar-refractivity contribution in [2.24, 2.45) is 17.8 Å². The van der Waals surface area contributed by atoms with Crippen molar-refractivity contribution in [1.82, 2.24) is 9.88 Å². The van der Waals surface area contributed by atoms with Gasteiger partial charge in [-0.15, -0.1) is 0 Å². The first-order chi connectivity index (χ1) is 20.9. The fraction of sp³-hybridized carbons (Fsp3) is 0.514. The number of nitrogens with zero attached hydrogens (tertiary/aromatic N) is 1. The molecule has 5 rings (SSSR count). The zero-order valence-corrected chi connectivity index (χ0v) is 25.2. The molecule has 2 aliphatic rings. The highest BCUT2D eigenvalue weighted by molar-refractivity contribution is 5.96. The molecule has 230 valence electrons. The maximum Gasteiger partial charge on any atom is 0.354 e. The van der Waals surface area contributed by atoms with Gasteiger partial charge in [0, 0.05) is 55.8 Å². The summed E-state index contributed by atoms with van der Waals surface area (Å²) in [6.45, 7) is 2.99. The second-order valence-electron chi connectivity index (χ2n) is 12.3. The molecule has 1 saturated carbocycles. The summed E-state index contributed by atoms with van der Waals surface area (Å²) < 4.78 is 23.6. The molecule has 43 heavy (non-hydrogen) atoms. The van der Waals surface area contributed by atoms with Crippen LogP contribution in [0.2, 0.25) is 0 Å². The monoisotopic (exact) mass is 590 g/mol. The number of Topliss-reactive ketones (excluding diaryl/α,β-unsaturated/α-hetero) is 1. The molecule has 3 atom stereocenters. The smallest absolute Gasteiger partial charge is 0.354 e. The first kappa shape index (κ1) is 30.9. The molecule has 7 nitrogen and oxygen atoms in total. The van der Waals surface area contributed by atoms with Crippen LogP contribution in [0, 0.1) is 17.8 Å². The number of H-pyrrole nitrogens is 1. The summed E-state index contributed by atoms with van der Waals surface area (Å²) in [6, 6.07) is 16.9. The Kier molecular flexibility index (Phi) is 10.3. The van der Waals surface area contributed by atoms with E-state index in [0.29, 0.717) is 31.2 Å². The standard InChI is InChI=1S/C35H43FN2O5/c1-23(22-36)25-10-12-27(13-11-25)34(40)38-16-15-29(26-7-4-3-5-8-26)33(38)32(39)20-24-9-14-30-28(19-24)21-31(37-30)35(41)43-18-6-17-42-2/h3-5,7-9,14,19,21,23,25,27,29,33,37H,6,10-13,15-18,20,22H2,1-2H3/t23?,25?,27?,29-,33-/m0/s1. The Balaban J connectivity index is 1.31. The number of hydrogen-bond donors (Lipinski definition) is 1. The largest absolute Gasteiger partial charge is 0.461 e. The van der Waals surface area contributed by atoms with Crippen molar-refractivity contribution in [2.45, 2.75) is 63.8 Å². The summed E-state index contributed by atoms with van der Waals surface area (Å²) in [5.41, 5.74) is 3.07. The van der Waals surface area contributed by atoms with Gasteiger partial charge in [-0.1, -0.05) is 43.3 Å². The number of hydrogen-bond acceptors (Lipinski definition) is 5. The fourth-order valence-electron chi connectivity index (χ4n) is 6.94. The van der Waals surface area contributed by atoms with E-state index in [1.165, 1.54) is 0 Å². The summed E-state index contributed by atoms with van der Waals surface area (Å²) in [5.74, 6) is -0.162. The number of rotatable bonds is 12. The number of esters is 1. The van der Waals surface area contributed by atoms with Crippen LogP contribution in [-0.4, -0.2) is 67.1 Å². The van der Waals surface area contributed by atoms with Crippen LogP contribution in [0.15, 0.2) is 54.6 Å². The minimum Gasteiger partial charge on any atom is -0.461 e. The Morgan fingerprint density at radius 3 is 2.49 bits per heavy atom. The van der Waals surface area contributed by atoms with E-state index >= 15 is 0 Å². The van der Waals surface area contributed by atoms with Crippen molar-refractivity contribution in [2.75, 3.05) is 33.5 Å². The first-order valence-electron chi connectivity index (χ1n) is 15.6. The van der Waals surface area contributed by atoms with Gasteiger partial charge in [-0.05, 0) is 73.3 Å². The number of carbonyl (C=O) groups excluding carboxylic acids is 3. The Bertz CT molecular complexity index is 1400. The highest BCUT2D eigenvalue weighted by atomic mass is 19.1. The van der Waals surface area contributed by atoms with Crippen molar-refractivity contribution in [1.29, 1.82) is 0 Å². The number of amides is 1. The van der Waals surface area contributed by atoms with Gasteiger partial charge in [0.05, 0.1) is 19.3 Å². The number of aromatic nitrogens is 1. The summed E-state index contributed by atoms with van der Waals surface area (Å²) in [6.07, 6.45) is 4.78. The Morgan fingerprint density at radius 1 is 1.00 bits per heavy atom. The topological polar surface area (TPSA) is 88.7 Å². The number of benzene rings is 2. The molecule has 0 bridgehead atoms. The maximum atomic E-state index is 14.1. The van der Waals surface area contributed by atoms with E-state index in [9.17, 15) is 18.8 Å². The number of halogens is 1. The molecule has 8 heteroatoms. The highest BCUT2D eigenvalue weighted by Crippen LogP contribution is 2.39. The lowest BCUT2D eigenvalue weighted by Crippen LogP contribution is -2.46. The fourth-order valence-corrected chi connectivity index (χ4v) is 6.94. The van der Waals surface area contributed by atoms with Crippen LogP contribution in [-0.2, 0) is 25.5 Å². The van der Waals surface area contributed by atoms with E-state index in [2.05, 4.69) is 4.98 Å². The zero-order valence-electron chi connectivity index (χ0n) is 25.2. The van der Waals surface area contributed by atoms with Gasteiger partial charge in [-0.2, -0.15) is 0 Å². The van der Waals surface area contributed by atoms with Gasteiger partial charge >= 0.3 is 5.97 Å². The normalized spacial score (nSPS) is 22.9. The Labute approximate surface area is 253 Å². The minimum absolute atomic E-state index is 0.0205. The lowest BCUT2D eigenvalue weighted by atomic mass is 9.76. The van der Waals surface area contributed by atoms with E-state index in [1.807, 2.05) is 60.4 Å². The third-order valence-corrected chi connectivity index (χ3v) is 9.42. The summed E-state index contributed by atoms with van der Waals surface area (Å²) >= 11 is 0. The molecule has 1 aliphatic carbocycles. The second kappa shape index (κ2) is 14.3. The van der Waals surface area contributed by atoms with Crippen molar-refractivity contribution in [3.8, 4) is 0 Å². The molecule has 1 N–H and O–H groups in total. The van der Waals surface area contributed by atoms with Gasteiger partial charge < -0.3 is 19.4 Å². The van der Waals surface area contributed by atoms with E-state index in [0.717, 1.165) is 54.1 Å². The third-order valence-electron chi connectivity index (χ3n) is 9.42. The molecule has 1 saturated heterocycles. The van der Waals surface area contributed by atoms with Crippen LogP contribution < -0.4 is 0 Å². The number of aromatic amines is 1. The predicted molar refractivity (Wildman–Crippen MR) is 164 cm³/mol. The van der Waals surface area contributed by atoms with Crippen LogP contribution in [0.4, 0.5) is 4.39 Å². The van der Waals surface area contributed by atoms with E-state index in [4.69, 9.17) is 9.47 Å². The van der Waals surface area contributed by atoms with E-state index < -0.39 is 12.0 Å². The zero-order chi connectivity index (χ0) is 30.3. The van der Waals surface area contributed by atoms with Crippen LogP contribution in [0.3, 0.4) is 0 Å². The molecular weight excluding hydrogens is 547 g/mol. The molecule has 2 fully saturated rings. The molecule has 1 aliphatic heterocycles. The molecular formula is C35H43FN2O5. The number of alkyl halides is 1. The average molecular weight is 591 g/mol. The quantitative estimate of drug-likeness (QED) is 0.198. The molecule has 1 unspecified atom stereocenters. The molecule has 1 amide bonds. The van der Waals surface area contributed by atoms with Crippen molar-refractivity contribution >= 4 is 28.6 Å². The van der Waals surface area contributed by atoms with E-state index in [-0.39, 0.29) is 49.1 Å². The molecule has 2 heterocycles. The second-order valence-corrected chi connectivity index (χ2v) is 12.3. The lowest BCUT2D eigenvalue weighted by molar-refractivity contribution is -0.142. The summed E-state index contributed by atoms with van der Waals surface area (Å²) in [7, 11) is 1.61. The maximum absolute atomic E-state index is 14.1. The highest BCUT2D eigenvalue weighted by Gasteiger charge is 2.44. The molecule has 1 aromatic heterocycles. The van der Waals surface area contributed by atoms with Crippen molar-refractivity contribution in [3.63, 3.8) is 0 Å². The van der Waals surface area contributed by atoms with Crippen LogP contribution >= 0.6 is 0 Å². The van der Waals surface area contributed by atoms with Gasteiger partial charge in [-0.25, -0.2) is 4.79 Å². The molecule has 2 aromatic carbocycles. The van der Waals surface area contributed by atoms with Gasteiger partial charge in [0.25, 0.3) is 0 Å². The number of nitrogens with one attached hydrogen (secondary N) is 1. The predicted octanol–water partition coefficient (Wildman–Crippen LogP) is 6.27. The number of likely N-dealkylation sites (tertiary alicyclic amines) is 1. The van der Waals surface area contributed by atoms with Gasteiger partial charge in [0.15, 0.2) is 5.78 Å². The average Bonchev–Trinajstić information content (AvgIpc) is 3.68. The van der Waals surface area contributed by atoms with Crippen LogP contribution in [0.5, 0.6) is 0 Å². The number of ether oxygens (including phenoxy) is 2. The number of methoxy groups -OCH3 is 1. The third kappa shape index (κ3) is 7.18. The van der Waals surface area contributed by atoms with Gasteiger partial charge in [0.2, 0.25) is 5.91 Å². The number of ketones is 1. The molecule has 3 aromatic rings. The summed E-state index contributed by atoms with van der Waals surface area (Å²) in [4.78, 5) is 45.4. The Morgan fingerprint density at radius 2 is 1.77 bits per heavy atom. The summed E-state index contributed by atoms with van der Waals surface area (Å²) in [5, 5.41) is 0.826. The van der Waals surface area contributed by atoms with Crippen LogP contribution in [0.25, 0.3) is 10.9 Å². The first-order valence-corrected chi connectivity index (χ1v) is 15.6. The SMILES string of the molecule is COCCCOC(=O)c1cc2cc(CC(=O)[C@@H]3[C@H](c4ccccc4)CCN3C(=O)C3CCC(C(C)CF)CC3)ccc2[nH]1. The minimum atomic E-state index is -0.531. The van der Waals surface area contributed by atoms with Crippen molar-refractivity contribution < 1.29 is 28.2 Å². The van der Waals surface area contributed by atoms with Gasteiger partial charge in [-0.3, -0.25) is 14.0 Å². The number of carbonyl (C=O) groups is 3. The number of fused-ring (bicyclic) bond motifs is 1. The lowest BCUT2D eigenvalue weighted by Gasteiger charge is -2.35. The molecule has 0 spiro atoms. The Hall–Kier alpha value is -3.52.